The Morgan fingerprint density at radius 3 is 2.54 bits per heavy atom. The Kier molecular flexibility index (Phi) is 4.67. The van der Waals surface area contributed by atoms with Gasteiger partial charge < -0.3 is 9.15 Å². The molecule has 2 aromatic carbocycles. The number of aryl methyl sites for hydroxylation is 1. The lowest BCUT2D eigenvalue weighted by molar-refractivity contribution is 0.318. The third-order valence-electron chi connectivity index (χ3n) is 4.18. The molecule has 0 saturated carbocycles. The SMILES string of the molecule is COc1ccc2c(CN(C)Cc3ccccc3C)cc(=O)oc2c1. The van der Waals surface area contributed by atoms with Crippen molar-refractivity contribution in [1.82, 2.24) is 4.90 Å². The van der Waals surface area contributed by atoms with Gasteiger partial charge in [0.1, 0.15) is 11.3 Å². The normalized spacial score (nSPS) is 11.2. The molecule has 0 amide bonds. The minimum Gasteiger partial charge on any atom is -0.497 e. The molecule has 1 aromatic heterocycles. The number of methoxy groups -OCH3 is 1. The number of ether oxygens (including phenoxy) is 1. The fraction of sp³-hybridized carbons (Fsp3) is 0.250. The van der Waals surface area contributed by atoms with Crippen LogP contribution in [-0.2, 0) is 13.1 Å². The zero-order chi connectivity index (χ0) is 17.1. The smallest absolute Gasteiger partial charge is 0.336 e. The fourth-order valence-corrected chi connectivity index (χ4v) is 2.89. The molecule has 4 nitrogen and oxygen atoms in total. The summed E-state index contributed by atoms with van der Waals surface area (Å²) in [5.74, 6) is 0.677. The third-order valence-corrected chi connectivity index (χ3v) is 4.18. The molecule has 4 heteroatoms. The second-order valence-electron chi connectivity index (χ2n) is 6.05. The van der Waals surface area contributed by atoms with E-state index in [0.29, 0.717) is 17.9 Å². The number of hydrogen-bond acceptors (Lipinski definition) is 4. The zero-order valence-electron chi connectivity index (χ0n) is 14.2. The van der Waals surface area contributed by atoms with E-state index in [4.69, 9.17) is 9.15 Å². The fourth-order valence-electron chi connectivity index (χ4n) is 2.89. The summed E-state index contributed by atoms with van der Waals surface area (Å²) in [5, 5.41) is 0.937. The molecule has 0 aliphatic rings. The molecule has 24 heavy (non-hydrogen) atoms. The van der Waals surface area contributed by atoms with Gasteiger partial charge in [0, 0.05) is 30.6 Å². The number of nitrogens with zero attached hydrogens (tertiary/aromatic N) is 1. The molecule has 0 N–H and O–H groups in total. The molecule has 0 atom stereocenters. The van der Waals surface area contributed by atoms with Gasteiger partial charge in [0.15, 0.2) is 0 Å². The Hall–Kier alpha value is -2.59. The second-order valence-corrected chi connectivity index (χ2v) is 6.05. The van der Waals surface area contributed by atoms with Crippen molar-refractivity contribution in [3.05, 3.63) is 75.6 Å². The van der Waals surface area contributed by atoms with E-state index in [-0.39, 0.29) is 5.63 Å². The summed E-state index contributed by atoms with van der Waals surface area (Å²) < 4.78 is 10.5. The Balaban J connectivity index is 1.89. The zero-order valence-corrected chi connectivity index (χ0v) is 14.2. The summed E-state index contributed by atoms with van der Waals surface area (Å²) in [7, 11) is 3.65. The van der Waals surface area contributed by atoms with Crippen LogP contribution in [0.2, 0.25) is 0 Å². The van der Waals surface area contributed by atoms with Crippen molar-refractivity contribution in [2.45, 2.75) is 20.0 Å². The molecule has 0 bridgehead atoms. The minimum atomic E-state index is -0.338. The summed E-state index contributed by atoms with van der Waals surface area (Å²) in [5.41, 5.74) is 3.73. The molecule has 0 spiro atoms. The topological polar surface area (TPSA) is 42.7 Å². The quantitative estimate of drug-likeness (QED) is 0.671. The maximum Gasteiger partial charge on any atom is 0.336 e. The molecule has 1 heterocycles. The lowest BCUT2D eigenvalue weighted by Gasteiger charge is -2.19. The Labute approximate surface area is 141 Å². The van der Waals surface area contributed by atoms with E-state index in [0.717, 1.165) is 17.5 Å². The highest BCUT2D eigenvalue weighted by Gasteiger charge is 2.10. The number of rotatable bonds is 5. The molecule has 3 rings (SSSR count). The van der Waals surface area contributed by atoms with Crippen LogP contribution in [0.15, 0.2) is 57.7 Å². The van der Waals surface area contributed by atoms with Crippen molar-refractivity contribution in [3.8, 4) is 5.75 Å². The Morgan fingerprint density at radius 2 is 1.79 bits per heavy atom. The molecule has 124 valence electrons. The summed E-state index contributed by atoms with van der Waals surface area (Å²) in [6, 6.07) is 15.5. The Morgan fingerprint density at radius 1 is 1.04 bits per heavy atom. The van der Waals surface area contributed by atoms with Crippen molar-refractivity contribution < 1.29 is 9.15 Å². The van der Waals surface area contributed by atoms with Crippen LogP contribution in [0.1, 0.15) is 16.7 Å². The van der Waals surface area contributed by atoms with Gasteiger partial charge in [0.05, 0.1) is 7.11 Å². The monoisotopic (exact) mass is 323 g/mol. The molecular weight excluding hydrogens is 302 g/mol. The van der Waals surface area contributed by atoms with Crippen LogP contribution in [0, 0.1) is 6.92 Å². The van der Waals surface area contributed by atoms with Gasteiger partial charge in [0.25, 0.3) is 0 Å². The third kappa shape index (κ3) is 3.49. The van der Waals surface area contributed by atoms with Gasteiger partial charge in [-0.1, -0.05) is 24.3 Å². The van der Waals surface area contributed by atoms with E-state index in [1.807, 2.05) is 18.2 Å². The summed E-state index contributed by atoms with van der Waals surface area (Å²) >= 11 is 0. The highest BCUT2D eigenvalue weighted by molar-refractivity contribution is 5.81. The van der Waals surface area contributed by atoms with E-state index in [2.05, 4.69) is 37.1 Å². The maximum atomic E-state index is 11.9. The molecular formula is C20H21NO3. The maximum absolute atomic E-state index is 11.9. The lowest BCUT2D eigenvalue weighted by atomic mass is 10.1. The number of benzene rings is 2. The average Bonchev–Trinajstić information content (AvgIpc) is 2.56. The summed E-state index contributed by atoms with van der Waals surface area (Å²) in [4.78, 5) is 14.1. The van der Waals surface area contributed by atoms with Crippen molar-refractivity contribution in [1.29, 1.82) is 0 Å². The number of fused-ring (bicyclic) bond motifs is 1. The van der Waals surface area contributed by atoms with Crippen molar-refractivity contribution >= 4 is 11.0 Å². The first-order valence-electron chi connectivity index (χ1n) is 7.90. The molecule has 0 saturated heterocycles. The van der Waals surface area contributed by atoms with Crippen molar-refractivity contribution in [3.63, 3.8) is 0 Å². The van der Waals surface area contributed by atoms with Crippen LogP contribution in [0.25, 0.3) is 11.0 Å². The van der Waals surface area contributed by atoms with Crippen LogP contribution < -0.4 is 10.4 Å². The van der Waals surface area contributed by atoms with E-state index in [1.165, 1.54) is 11.1 Å². The summed E-state index contributed by atoms with van der Waals surface area (Å²) in [6.45, 7) is 3.61. The molecule has 0 aliphatic carbocycles. The van der Waals surface area contributed by atoms with Gasteiger partial charge in [0.2, 0.25) is 0 Å². The van der Waals surface area contributed by atoms with E-state index in [1.54, 1.807) is 19.2 Å². The lowest BCUT2D eigenvalue weighted by Crippen LogP contribution is -2.19. The first-order chi connectivity index (χ1) is 11.6. The highest BCUT2D eigenvalue weighted by atomic mass is 16.5. The van der Waals surface area contributed by atoms with Crippen LogP contribution in [0.5, 0.6) is 5.75 Å². The highest BCUT2D eigenvalue weighted by Crippen LogP contribution is 2.23. The largest absolute Gasteiger partial charge is 0.497 e. The van der Waals surface area contributed by atoms with Gasteiger partial charge in [-0.25, -0.2) is 4.79 Å². The number of hydrogen-bond donors (Lipinski definition) is 0. The van der Waals surface area contributed by atoms with E-state index in [9.17, 15) is 4.79 Å². The molecule has 3 aromatic rings. The van der Waals surface area contributed by atoms with Crippen LogP contribution >= 0.6 is 0 Å². The van der Waals surface area contributed by atoms with Crippen LogP contribution in [0.4, 0.5) is 0 Å². The molecule has 0 aliphatic heterocycles. The van der Waals surface area contributed by atoms with Crippen LogP contribution in [0.3, 0.4) is 0 Å². The molecule has 0 unspecified atom stereocenters. The minimum absolute atomic E-state index is 0.338. The first kappa shape index (κ1) is 16.3. The van der Waals surface area contributed by atoms with Gasteiger partial charge in [-0.05, 0) is 42.8 Å². The van der Waals surface area contributed by atoms with Gasteiger partial charge >= 0.3 is 5.63 Å². The van der Waals surface area contributed by atoms with Gasteiger partial charge in [-0.15, -0.1) is 0 Å². The van der Waals surface area contributed by atoms with Crippen molar-refractivity contribution in [2.24, 2.45) is 0 Å². The van der Waals surface area contributed by atoms with Crippen molar-refractivity contribution in [2.75, 3.05) is 14.2 Å². The second kappa shape index (κ2) is 6.89. The standard InChI is InChI=1S/C20H21NO3/c1-14-6-4-5-7-15(14)12-21(2)13-16-10-20(22)24-19-11-17(23-3)8-9-18(16)19/h4-11H,12-13H2,1-3H3. The summed E-state index contributed by atoms with van der Waals surface area (Å²) in [6.07, 6.45) is 0. The predicted molar refractivity (Wildman–Crippen MR) is 95.4 cm³/mol. The Bertz CT molecular complexity index is 914. The van der Waals surface area contributed by atoms with E-state index >= 15 is 0 Å². The van der Waals surface area contributed by atoms with E-state index < -0.39 is 0 Å². The first-order valence-corrected chi connectivity index (χ1v) is 7.90. The molecule has 0 radical (unpaired) electrons. The predicted octanol–water partition coefficient (Wildman–Crippen LogP) is 3.74. The van der Waals surface area contributed by atoms with Gasteiger partial charge in [-0.2, -0.15) is 0 Å². The average molecular weight is 323 g/mol. The van der Waals surface area contributed by atoms with Crippen LogP contribution in [-0.4, -0.2) is 19.1 Å². The molecule has 0 fully saturated rings. The van der Waals surface area contributed by atoms with Gasteiger partial charge in [-0.3, -0.25) is 4.90 Å².